The van der Waals surface area contributed by atoms with Gasteiger partial charge in [-0.15, -0.1) is 0 Å². The van der Waals surface area contributed by atoms with Gasteiger partial charge in [0.2, 0.25) is 0 Å². The summed E-state index contributed by atoms with van der Waals surface area (Å²) < 4.78 is 1.99. The molecular formula is C13H13N5OS. The van der Waals surface area contributed by atoms with Gasteiger partial charge in [0.05, 0.1) is 5.69 Å². The molecule has 0 aromatic carbocycles. The highest BCUT2D eigenvalue weighted by atomic mass is 32.2. The SMILES string of the molecule is Cc1ccc2nc(CSc3nc(N)cc(=O)[nH]3)cn2c1. The van der Waals surface area contributed by atoms with E-state index < -0.39 is 0 Å². The van der Waals surface area contributed by atoms with Crippen molar-refractivity contribution >= 4 is 23.2 Å². The van der Waals surface area contributed by atoms with Crippen LogP contribution in [0.1, 0.15) is 11.3 Å². The molecule has 102 valence electrons. The van der Waals surface area contributed by atoms with Gasteiger partial charge in [-0.25, -0.2) is 9.97 Å². The second kappa shape index (κ2) is 5.01. The first-order valence-electron chi connectivity index (χ1n) is 6.04. The number of aromatic amines is 1. The molecule has 0 saturated heterocycles. The number of nitrogens with one attached hydrogen (secondary N) is 1. The second-order valence-corrected chi connectivity index (χ2v) is 5.43. The molecule has 0 unspecified atom stereocenters. The van der Waals surface area contributed by atoms with Crippen molar-refractivity contribution in [2.75, 3.05) is 5.73 Å². The Bertz CT molecular complexity index is 823. The smallest absolute Gasteiger partial charge is 0.253 e. The lowest BCUT2D eigenvalue weighted by molar-refractivity contribution is 0.944. The first-order chi connectivity index (χ1) is 9.60. The standard InChI is InChI=1S/C13H13N5OS/c1-8-2-3-11-15-9(6-18(11)5-8)7-20-13-16-10(14)4-12(19)17-13/h2-6H,7H2,1H3,(H3,14,16,17,19). The highest BCUT2D eigenvalue weighted by Crippen LogP contribution is 2.18. The highest BCUT2D eigenvalue weighted by Gasteiger charge is 2.05. The number of pyridine rings is 1. The third-order valence-corrected chi connectivity index (χ3v) is 3.65. The number of aromatic nitrogens is 4. The van der Waals surface area contributed by atoms with E-state index in [4.69, 9.17) is 5.73 Å². The van der Waals surface area contributed by atoms with E-state index in [-0.39, 0.29) is 11.4 Å². The molecule has 0 spiro atoms. The number of anilines is 1. The molecule has 20 heavy (non-hydrogen) atoms. The van der Waals surface area contributed by atoms with Crippen molar-refractivity contribution in [3.05, 3.63) is 52.2 Å². The fourth-order valence-corrected chi connectivity index (χ4v) is 2.66. The molecule has 0 bridgehead atoms. The fraction of sp³-hybridized carbons (Fsp3) is 0.154. The largest absolute Gasteiger partial charge is 0.383 e. The summed E-state index contributed by atoms with van der Waals surface area (Å²) in [5.74, 6) is 0.842. The van der Waals surface area contributed by atoms with Gasteiger partial charge in [-0.3, -0.25) is 4.79 Å². The maximum atomic E-state index is 11.3. The van der Waals surface area contributed by atoms with Crippen molar-refractivity contribution in [3.8, 4) is 0 Å². The van der Waals surface area contributed by atoms with Crippen LogP contribution in [0.4, 0.5) is 5.82 Å². The Morgan fingerprint density at radius 2 is 2.20 bits per heavy atom. The summed E-state index contributed by atoms with van der Waals surface area (Å²) in [6, 6.07) is 5.26. The Hall–Kier alpha value is -2.28. The quantitative estimate of drug-likeness (QED) is 0.564. The highest BCUT2D eigenvalue weighted by molar-refractivity contribution is 7.98. The van der Waals surface area contributed by atoms with Gasteiger partial charge in [0, 0.05) is 24.2 Å². The molecule has 6 nitrogen and oxygen atoms in total. The van der Waals surface area contributed by atoms with Gasteiger partial charge in [-0.2, -0.15) is 0 Å². The lowest BCUT2D eigenvalue weighted by atomic mass is 10.3. The van der Waals surface area contributed by atoms with E-state index in [9.17, 15) is 4.79 Å². The van der Waals surface area contributed by atoms with E-state index in [1.165, 1.54) is 23.4 Å². The summed E-state index contributed by atoms with van der Waals surface area (Å²) in [7, 11) is 0. The number of nitrogens with two attached hydrogens (primary N) is 1. The number of nitrogens with zero attached hydrogens (tertiary/aromatic N) is 3. The van der Waals surface area contributed by atoms with Crippen LogP contribution in [0.2, 0.25) is 0 Å². The molecule has 0 aliphatic carbocycles. The number of nitrogen functional groups attached to an aromatic ring is 1. The van der Waals surface area contributed by atoms with Crippen LogP contribution < -0.4 is 11.3 Å². The predicted molar refractivity (Wildman–Crippen MR) is 78.8 cm³/mol. The topological polar surface area (TPSA) is 89.1 Å². The number of fused-ring (bicyclic) bond motifs is 1. The predicted octanol–water partition coefficient (Wildman–Crippen LogP) is 1.60. The van der Waals surface area contributed by atoms with Gasteiger partial charge in [0.1, 0.15) is 11.5 Å². The van der Waals surface area contributed by atoms with E-state index in [0.717, 1.165) is 11.3 Å². The molecule has 0 aliphatic rings. The average molecular weight is 287 g/mol. The van der Waals surface area contributed by atoms with Gasteiger partial charge in [0.15, 0.2) is 5.16 Å². The molecule has 3 rings (SSSR count). The molecule has 3 aromatic heterocycles. The molecular weight excluding hydrogens is 274 g/mol. The van der Waals surface area contributed by atoms with Gasteiger partial charge in [0.25, 0.3) is 5.56 Å². The molecule has 0 amide bonds. The molecule has 3 heterocycles. The first kappa shape index (κ1) is 12.7. The van der Waals surface area contributed by atoms with Crippen LogP contribution in [0, 0.1) is 6.92 Å². The van der Waals surface area contributed by atoms with Crippen molar-refractivity contribution in [1.29, 1.82) is 0 Å². The Labute approximate surface area is 119 Å². The lowest BCUT2D eigenvalue weighted by Gasteiger charge is -1.98. The van der Waals surface area contributed by atoms with Crippen molar-refractivity contribution in [1.82, 2.24) is 19.4 Å². The Morgan fingerprint density at radius 3 is 3.00 bits per heavy atom. The van der Waals surface area contributed by atoms with Crippen LogP contribution in [0.25, 0.3) is 5.65 Å². The Kier molecular flexibility index (Phi) is 3.19. The number of rotatable bonds is 3. The molecule has 3 aromatic rings. The van der Waals surface area contributed by atoms with Crippen molar-refractivity contribution < 1.29 is 0 Å². The number of aryl methyl sites for hydroxylation is 1. The summed E-state index contributed by atoms with van der Waals surface area (Å²) >= 11 is 1.40. The van der Waals surface area contributed by atoms with Gasteiger partial charge in [-0.1, -0.05) is 17.8 Å². The van der Waals surface area contributed by atoms with Crippen molar-refractivity contribution in [3.63, 3.8) is 0 Å². The van der Waals surface area contributed by atoms with Crippen LogP contribution in [0.15, 0.2) is 40.5 Å². The summed E-state index contributed by atoms with van der Waals surface area (Å²) in [6.07, 6.45) is 4.00. The van der Waals surface area contributed by atoms with Crippen LogP contribution in [-0.2, 0) is 5.75 Å². The summed E-state index contributed by atoms with van der Waals surface area (Å²) in [5, 5.41) is 0.503. The zero-order valence-corrected chi connectivity index (χ0v) is 11.6. The Morgan fingerprint density at radius 1 is 1.35 bits per heavy atom. The summed E-state index contributed by atoms with van der Waals surface area (Å²) in [4.78, 5) is 22.5. The molecule has 0 aliphatic heterocycles. The third-order valence-electron chi connectivity index (χ3n) is 2.75. The van der Waals surface area contributed by atoms with Gasteiger partial charge in [-0.05, 0) is 18.6 Å². The molecule has 0 atom stereocenters. The van der Waals surface area contributed by atoms with Crippen LogP contribution in [-0.4, -0.2) is 19.4 Å². The minimum atomic E-state index is -0.245. The lowest BCUT2D eigenvalue weighted by Crippen LogP contribution is -2.09. The normalized spacial score (nSPS) is 11.1. The maximum absolute atomic E-state index is 11.3. The zero-order valence-electron chi connectivity index (χ0n) is 10.8. The van der Waals surface area contributed by atoms with Gasteiger partial charge < -0.3 is 15.1 Å². The minimum absolute atomic E-state index is 0.224. The maximum Gasteiger partial charge on any atom is 0.253 e. The Balaban J connectivity index is 1.81. The number of hydrogen-bond donors (Lipinski definition) is 2. The number of thioether (sulfide) groups is 1. The number of hydrogen-bond acceptors (Lipinski definition) is 5. The third kappa shape index (κ3) is 2.67. The summed E-state index contributed by atoms with van der Waals surface area (Å²) in [6.45, 7) is 2.04. The number of H-pyrrole nitrogens is 1. The van der Waals surface area contributed by atoms with E-state index in [0.29, 0.717) is 10.9 Å². The first-order valence-corrected chi connectivity index (χ1v) is 7.02. The molecule has 0 fully saturated rings. The zero-order chi connectivity index (χ0) is 14.1. The average Bonchev–Trinajstić information content (AvgIpc) is 2.77. The van der Waals surface area contributed by atoms with E-state index in [2.05, 4.69) is 15.0 Å². The van der Waals surface area contributed by atoms with E-state index in [1.807, 2.05) is 35.9 Å². The van der Waals surface area contributed by atoms with Crippen LogP contribution in [0.5, 0.6) is 0 Å². The van der Waals surface area contributed by atoms with E-state index in [1.54, 1.807) is 0 Å². The van der Waals surface area contributed by atoms with Crippen LogP contribution >= 0.6 is 11.8 Å². The fourth-order valence-electron chi connectivity index (χ4n) is 1.89. The summed E-state index contributed by atoms with van der Waals surface area (Å²) in [5.41, 5.74) is 8.30. The molecule has 3 N–H and O–H groups in total. The van der Waals surface area contributed by atoms with Gasteiger partial charge >= 0.3 is 0 Å². The van der Waals surface area contributed by atoms with Crippen molar-refractivity contribution in [2.24, 2.45) is 0 Å². The second-order valence-electron chi connectivity index (χ2n) is 4.47. The van der Waals surface area contributed by atoms with Crippen LogP contribution in [0.3, 0.4) is 0 Å². The molecule has 0 saturated carbocycles. The minimum Gasteiger partial charge on any atom is -0.383 e. The van der Waals surface area contributed by atoms with Crippen molar-refractivity contribution in [2.45, 2.75) is 17.8 Å². The molecule has 7 heteroatoms. The molecule has 0 radical (unpaired) electrons. The monoisotopic (exact) mass is 287 g/mol. The number of imidazole rings is 1. The van der Waals surface area contributed by atoms with E-state index >= 15 is 0 Å².